The van der Waals surface area contributed by atoms with Crippen LogP contribution in [0.2, 0.25) is 0 Å². The van der Waals surface area contributed by atoms with Crippen LogP contribution >= 0.6 is 12.4 Å². The van der Waals surface area contributed by atoms with Gasteiger partial charge in [0, 0.05) is 13.1 Å². The Labute approximate surface area is 142 Å². The fraction of sp³-hybridized carbons (Fsp3) is 0.438. The molecule has 0 radical (unpaired) electrons. The lowest BCUT2D eigenvalue weighted by Gasteiger charge is -2.18. The van der Waals surface area contributed by atoms with Crippen LogP contribution in [0.15, 0.2) is 18.2 Å². The highest BCUT2D eigenvalue weighted by Crippen LogP contribution is 2.33. The normalized spacial score (nSPS) is 17.0. The summed E-state index contributed by atoms with van der Waals surface area (Å²) < 4.78 is 11.0. The number of carbonyl (C=O) groups is 1. The Kier molecular flexibility index (Phi) is 6.28. The summed E-state index contributed by atoms with van der Waals surface area (Å²) in [7, 11) is 1.65. The molecule has 0 fully saturated rings. The molecule has 1 heterocycles. The number of benzene rings is 1. The van der Waals surface area contributed by atoms with Crippen molar-refractivity contribution >= 4 is 24.0 Å². The second-order valence-electron chi connectivity index (χ2n) is 5.59. The van der Waals surface area contributed by atoms with E-state index in [1.54, 1.807) is 39.1 Å². The molecule has 0 saturated heterocycles. The number of nitrogens with two attached hydrogens (primary N) is 1. The Bertz CT molecular complexity index is 631. The van der Waals surface area contributed by atoms with Crippen molar-refractivity contribution in [3.05, 3.63) is 18.2 Å². The van der Waals surface area contributed by atoms with Crippen molar-refractivity contribution in [2.45, 2.75) is 25.5 Å². The summed E-state index contributed by atoms with van der Waals surface area (Å²) in [6, 6.07) is 4.49. The van der Waals surface area contributed by atoms with Gasteiger partial charge in [-0.15, -0.1) is 12.4 Å². The molecule has 2 rings (SSSR count). The Balaban J connectivity index is 0.00000264. The minimum Gasteiger partial charge on any atom is -0.489 e. The van der Waals surface area contributed by atoms with Crippen molar-refractivity contribution in [2.75, 3.05) is 25.2 Å². The van der Waals surface area contributed by atoms with E-state index in [1.807, 2.05) is 0 Å². The number of ether oxygens (including phenoxy) is 2. The van der Waals surface area contributed by atoms with E-state index >= 15 is 0 Å². The van der Waals surface area contributed by atoms with Crippen LogP contribution in [0.25, 0.3) is 0 Å². The van der Waals surface area contributed by atoms with E-state index in [9.17, 15) is 9.90 Å². The van der Waals surface area contributed by atoms with Gasteiger partial charge in [-0.2, -0.15) is 0 Å². The first-order valence-corrected chi connectivity index (χ1v) is 6.93. The van der Waals surface area contributed by atoms with E-state index in [4.69, 9.17) is 15.2 Å². The molecule has 0 aliphatic carbocycles. The van der Waals surface area contributed by atoms with Gasteiger partial charge in [-0.3, -0.25) is 4.79 Å². The SMILES string of the molecule is CN1C(=O)[C@@H](N)COc2ccc(OCC#CC(C)(C)O)cc21.Cl. The van der Waals surface area contributed by atoms with Crippen LogP contribution in [0, 0.1) is 11.8 Å². The van der Waals surface area contributed by atoms with Gasteiger partial charge in [-0.1, -0.05) is 11.8 Å². The summed E-state index contributed by atoms with van der Waals surface area (Å²) in [4.78, 5) is 13.5. The predicted octanol–water partition coefficient (Wildman–Crippen LogP) is 0.944. The molecule has 6 nitrogen and oxygen atoms in total. The Morgan fingerprint density at radius 2 is 2.22 bits per heavy atom. The van der Waals surface area contributed by atoms with Crippen molar-refractivity contribution in [3.8, 4) is 23.3 Å². The van der Waals surface area contributed by atoms with Crippen LogP contribution in [-0.2, 0) is 4.79 Å². The fourth-order valence-corrected chi connectivity index (χ4v) is 1.96. The summed E-state index contributed by atoms with van der Waals surface area (Å²) in [5.41, 5.74) is 5.29. The van der Waals surface area contributed by atoms with Crippen LogP contribution in [0.3, 0.4) is 0 Å². The molecule has 7 heteroatoms. The van der Waals surface area contributed by atoms with Crippen LogP contribution in [0.4, 0.5) is 5.69 Å². The van der Waals surface area contributed by atoms with Crippen LogP contribution in [0.5, 0.6) is 11.5 Å². The molecule has 0 spiro atoms. The third-order valence-corrected chi connectivity index (χ3v) is 3.06. The molecule has 3 N–H and O–H groups in total. The molecule has 1 aromatic carbocycles. The molecule has 0 saturated carbocycles. The number of amides is 1. The topological polar surface area (TPSA) is 85.0 Å². The van der Waals surface area contributed by atoms with E-state index in [2.05, 4.69) is 11.8 Å². The van der Waals surface area contributed by atoms with Gasteiger partial charge in [0.05, 0.1) is 5.69 Å². The van der Waals surface area contributed by atoms with Crippen LogP contribution < -0.4 is 20.1 Å². The zero-order valence-electron chi connectivity index (χ0n) is 13.3. The van der Waals surface area contributed by atoms with Gasteiger partial charge in [-0.25, -0.2) is 0 Å². The second-order valence-corrected chi connectivity index (χ2v) is 5.59. The number of carbonyl (C=O) groups excluding carboxylic acids is 1. The Morgan fingerprint density at radius 1 is 1.52 bits per heavy atom. The molecule has 1 aliphatic heterocycles. The van der Waals surface area contributed by atoms with Gasteiger partial charge in [0.1, 0.15) is 36.4 Å². The minimum absolute atomic E-state index is 0. The average Bonchev–Trinajstić information content (AvgIpc) is 2.56. The van der Waals surface area contributed by atoms with Crippen molar-refractivity contribution < 1.29 is 19.4 Å². The first kappa shape index (κ1) is 19.1. The molecular formula is C16H21ClN2O4. The standard InChI is InChI=1S/C16H20N2O4.ClH/c1-16(2,20)7-4-8-21-11-5-6-14-13(9-11)18(3)15(19)12(17)10-22-14;/h5-6,9,12,20H,8,10,17H2,1-3H3;1H/t12-;/m0./s1. The largest absolute Gasteiger partial charge is 0.489 e. The van der Waals surface area contributed by atoms with E-state index in [0.29, 0.717) is 17.2 Å². The summed E-state index contributed by atoms with van der Waals surface area (Å²) in [6.07, 6.45) is 0. The van der Waals surface area contributed by atoms with E-state index in [1.165, 1.54) is 4.90 Å². The van der Waals surface area contributed by atoms with Crippen LogP contribution in [0.1, 0.15) is 13.8 Å². The lowest BCUT2D eigenvalue weighted by atomic mass is 10.1. The molecule has 0 unspecified atom stereocenters. The highest BCUT2D eigenvalue weighted by molar-refractivity contribution is 5.98. The lowest BCUT2D eigenvalue weighted by Crippen LogP contribution is -2.43. The zero-order valence-corrected chi connectivity index (χ0v) is 14.1. The molecule has 1 amide bonds. The summed E-state index contributed by atoms with van der Waals surface area (Å²) >= 11 is 0. The van der Waals surface area contributed by atoms with Gasteiger partial charge in [0.2, 0.25) is 5.91 Å². The maximum atomic E-state index is 12.0. The van der Waals surface area contributed by atoms with Crippen molar-refractivity contribution in [1.82, 2.24) is 0 Å². The Hall–Kier alpha value is -1.94. The minimum atomic E-state index is -1.05. The molecule has 126 valence electrons. The highest BCUT2D eigenvalue weighted by Gasteiger charge is 2.26. The molecule has 1 aliphatic rings. The zero-order chi connectivity index (χ0) is 16.3. The van der Waals surface area contributed by atoms with Gasteiger partial charge in [0.25, 0.3) is 0 Å². The summed E-state index contributed by atoms with van der Waals surface area (Å²) in [5.74, 6) is 6.33. The lowest BCUT2D eigenvalue weighted by molar-refractivity contribution is -0.119. The fourth-order valence-electron chi connectivity index (χ4n) is 1.96. The van der Waals surface area contributed by atoms with E-state index < -0.39 is 11.6 Å². The number of nitrogens with zero attached hydrogens (tertiary/aromatic N) is 1. The number of hydrogen-bond acceptors (Lipinski definition) is 5. The molecule has 1 atom stereocenters. The number of likely N-dealkylation sites (N-methyl/N-ethyl adjacent to an activating group) is 1. The number of aliphatic hydroxyl groups is 1. The third kappa shape index (κ3) is 5.03. The van der Waals surface area contributed by atoms with Gasteiger partial charge in [0.15, 0.2) is 0 Å². The van der Waals surface area contributed by atoms with E-state index in [-0.39, 0.29) is 31.5 Å². The predicted molar refractivity (Wildman–Crippen MR) is 90.1 cm³/mol. The number of halogens is 1. The molecule has 1 aromatic rings. The van der Waals surface area contributed by atoms with E-state index in [0.717, 1.165) is 0 Å². The van der Waals surface area contributed by atoms with Gasteiger partial charge in [-0.05, 0) is 26.0 Å². The molecule has 0 aromatic heterocycles. The number of anilines is 1. The third-order valence-electron chi connectivity index (χ3n) is 3.06. The maximum Gasteiger partial charge on any atom is 0.247 e. The summed E-state index contributed by atoms with van der Waals surface area (Å²) in [6.45, 7) is 3.49. The quantitative estimate of drug-likeness (QED) is 0.783. The van der Waals surface area contributed by atoms with Crippen LogP contribution in [-0.4, -0.2) is 42.9 Å². The summed E-state index contributed by atoms with van der Waals surface area (Å²) in [5, 5.41) is 9.49. The number of rotatable bonds is 2. The molecule has 23 heavy (non-hydrogen) atoms. The van der Waals surface area contributed by atoms with Crippen molar-refractivity contribution in [2.24, 2.45) is 5.73 Å². The maximum absolute atomic E-state index is 12.0. The number of hydrogen-bond donors (Lipinski definition) is 2. The average molecular weight is 341 g/mol. The molecular weight excluding hydrogens is 320 g/mol. The van der Waals surface area contributed by atoms with Crippen molar-refractivity contribution in [3.63, 3.8) is 0 Å². The van der Waals surface area contributed by atoms with Gasteiger partial charge < -0.3 is 25.2 Å². The second kappa shape index (κ2) is 7.55. The first-order chi connectivity index (χ1) is 10.3. The smallest absolute Gasteiger partial charge is 0.247 e. The molecule has 0 bridgehead atoms. The monoisotopic (exact) mass is 340 g/mol. The first-order valence-electron chi connectivity index (χ1n) is 6.93. The number of fused-ring (bicyclic) bond motifs is 1. The van der Waals surface area contributed by atoms with Crippen molar-refractivity contribution in [1.29, 1.82) is 0 Å². The Morgan fingerprint density at radius 3 is 2.87 bits per heavy atom. The van der Waals surface area contributed by atoms with Gasteiger partial charge >= 0.3 is 0 Å². The highest BCUT2D eigenvalue weighted by atomic mass is 35.5.